The van der Waals surface area contributed by atoms with E-state index in [1.807, 2.05) is 23.3 Å². The molecule has 0 aliphatic carbocycles. The highest BCUT2D eigenvalue weighted by Gasteiger charge is 1.96. The van der Waals surface area contributed by atoms with Crippen LogP contribution in [0.3, 0.4) is 0 Å². The Morgan fingerprint density at radius 1 is 1.77 bits per heavy atom. The van der Waals surface area contributed by atoms with Crippen LogP contribution in [0.5, 0.6) is 0 Å². The minimum atomic E-state index is 1.08. The van der Waals surface area contributed by atoms with E-state index in [0.29, 0.717) is 0 Å². The second kappa shape index (κ2) is 7.32. The molecule has 0 radical (unpaired) electrons. The Bertz CT molecular complexity index is 285. The van der Waals surface area contributed by atoms with Crippen LogP contribution in [0.1, 0.15) is 13.3 Å². The van der Waals surface area contributed by atoms with E-state index in [0.717, 1.165) is 6.54 Å². The highest BCUT2D eigenvalue weighted by Crippen LogP contribution is 1.83. The van der Waals surface area contributed by atoms with Crippen molar-refractivity contribution >= 4 is 18.8 Å². The topological polar surface area (TPSA) is 32.6 Å². The summed E-state index contributed by atoms with van der Waals surface area (Å²) in [6.07, 6.45) is 9.02. The van der Waals surface area contributed by atoms with Crippen LogP contribution in [0, 0.1) is 10.7 Å². The zero-order valence-electron chi connectivity index (χ0n) is 7.68. The van der Waals surface area contributed by atoms with Gasteiger partial charge in [0.2, 0.25) is 6.33 Å². The number of aryl methyl sites for hydroxylation is 1. The van der Waals surface area contributed by atoms with Crippen LogP contribution in [0.4, 0.5) is 0 Å². The van der Waals surface area contributed by atoms with Gasteiger partial charge in [-0.25, -0.2) is 14.4 Å². The zero-order valence-corrected chi connectivity index (χ0v) is 8.50. The molecule has 0 aliphatic heterocycles. The molecular formula is C9H13N3S. The summed E-state index contributed by atoms with van der Waals surface area (Å²) in [5.74, 6) is 0. The van der Waals surface area contributed by atoms with Crippen molar-refractivity contribution in [3.63, 3.8) is 0 Å². The lowest BCUT2D eigenvalue weighted by molar-refractivity contribution is -0.696. The smallest absolute Gasteiger partial charge is 0.248 e. The summed E-state index contributed by atoms with van der Waals surface area (Å²) < 4.78 is 4.08. The average molecular weight is 195 g/mol. The Morgan fingerprint density at radius 2 is 2.38 bits per heavy atom. The number of rotatable bonds is 3. The first kappa shape index (κ1) is 11.7. The Labute approximate surface area is 84.3 Å². The van der Waals surface area contributed by atoms with Gasteiger partial charge in [-0.1, -0.05) is 18.9 Å². The molecule has 13 heavy (non-hydrogen) atoms. The molecule has 0 unspecified atom stereocenters. The molecule has 0 bridgehead atoms. The molecule has 4 heteroatoms. The molecule has 0 aliphatic rings. The fourth-order valence-corrected chi connectivity index (χ4v) is 0.909. The molecule has 0 saturated heterocycles. The molecule has 70 valence electrons. The van der Waals surface area contributed by atoms with Gasteiger partial charge >= 0.3 is 0 Å². The highest BCUT2D eigenvalue weighted by atomic mass is 32.1. The molecule has 0 aromatic carbocycles. The number of hydrogen-bond donors (Lipinski definition) is 0. The minimum Gasteiger partial charge on any atom is -0.696 e. The van der Waals surface area contributed by atoms with E-state index in [1.165, 1.54) is 11.8 Å². The standard InChI is InChI=1S/C8H13N2.CHNS/c1-3-5-10-7-6-9(4-2)8-10;2-1-3/h4,6-8H,2-3,5H2,1H3;3H/q+1;/p-1. The maximum Gasteiger partial charge on any atom is 0.248 e. The molecule has 0 amide bonds. The minimum absolute atomic E-state index is 1.08. The van der Waals surface area contributed by atoms with Crippen LogP contribution in [-0.2, 0) is 19.2 Å². The molecule has 0 fully saturated rings. The Hall–Kier alpha value is -1.34. The molecule has 0 atom stereocenters. The molecule has 0 saturated carbocycles. The first-order valence-electron chi connectivity index (χ1n) is 3.98. The fraction of sp³-hybridized carbons (Fsp3) is 0.333. The number of nitrogens with zero attached hydrogens (tertiary/aromatic N) is 3. The lowest BCUT2D eigenvalue weighted by atomic mass is 10.5. The van der Waals surface area contributed by atoms with Crippen molar-refractivity contribution in [3.8, 4) is 5.40 Å². The number of thiocyanates is 1. The second-order valence-corrected chi connectivity index (χ2v) is 2.56. The van der Waals surface area contributed by atoms with Crippen molar-refractivity contribution in [3.05, 3.63) is 25.3 Å². The SMILES string of the molecule is C=Cn1cc[n+](CCC)c1.N#C[S-]. The third kappa shape index (κ3) is 4.99. The van der Waals surface area contributed by atoms with Gasteiger partial charge in [0.1, 0.15) is 12.4 Å². The van der Waals surface area contributed by atoms with Crippen molar-refractivity contribution in [2.24, 2.45) is 0 Å². The van der Waals surface area contributed by atoms with E-state index < -0.39 is 0 Å². The number of aromatic nitrogens is 2. The van der Waals surface area contributed by atoms with Crippen molar-refractivity contribution in [1.29, 1.82) is 5.26 Å². The third-order valence-corrected chi connectivity index (χ3v) is 1.40. The van der Waals surface area contributed by atoms with Crippen LogP contribution >= 0.6 is 0 Å². The van der Waals surface area contributed by atoms with Crippen LogP contribution in [-0.4, -0.2) is 4.57 Å². The molecule has 1 heterocycles. The van der Waals surface area contributed by atoms with Crippen molar-refractivity contribution in [1.82, 2.24) is 4.57 Å². The Kier molecular flexibility index (Phi) is 6.56. The zero-order chi connectivity index (χ0) is 10.1. The van der Waals surface area contributed by atoms with Gasteiger partial charge in [-0.15, -0.1) is 0 Å². The van der Waals surface area contributed by atoms with E-state index >= 15 is 0 Å². The molecule has 0 N–H and O–H groups in total. The number of nitriles is 1. The summed E-state index contributed by atoms with van der Waals surface area (Å²) in [6, 6.07) is 0. The van der Waals surface area contributed by atoms with Crippen molar-refractivity contribution in [2.75, 3.05) is 0 Å². The van der Waals surface area contributed by atoms with E-state index in [-0.39, 0.29) is 0 Å². The van der Waals surface area contributed by atoms with Crippen LogP contribution in [0.25, 0.3) is 6.20 Å². The van der Waals surface area contributed by atoms with Gasteiger partial charge in [0.05, 0.1) is 12.7 Å². The number of imidazole rings is 1. The predicted octanol–water partition coefficient (Wildman–Crippen LogP) is 1.30. The monoisotopic (exact) mass is 195 g/mol. The molecular weight excluding hydrogens is 182 g/mol. The van der Waals surface area contributed by atoms with E-state index in [2.05, 4.69) is 30.7 Å². The first-order chi connectivity index (χ1) is 6.28. The maximum atomic E-state index is 7.13. The summed E-state index contributed by atoms with van der Waals surface area (Å²) in [7, 11) is 0. The van der Waals surface area contributed by atoms with Gasteiger partial charge in [0.15, 0.2) is 0 Å². The quantitative estimate of drug-likeness (QED) is 0.414. The van der Waals surface area contributed by atoms with E-state index in [4.69, 9.17) is 5.26 Å². The van der Waals surface area contributed by atoms with E-state index in [9.17, 15) is 0 Å². The summed E-state index contributed by atoms with van der Waals surface area (Å²) in [4.78, 5) is 0. The van der Waals surface area contributed by atoms with Crippen molar-refractivity contribution < 1.29 is 4.57 Å². The van der Waals surface area contributed by atoms with Gasteiger partial charge in [0.25, 0.3) is 0 Å². The summed E-state index contributed by atoms with van der Waals surface area (Å²) in [6.45, 7) is 6.90. The largest absolute Gasteiger partial charge is 0.696 e. The lowest BCUT2D eigenvalue weighted by Gasteiger charge is -1.86. The van der Waals surface area contributed by atoms with Gasteiger partial charge in [-0.3, -0.25) is 0 Å². The Balaban J connectivity index is 0.000000424. The maximum absolute atomic E-state index is 7.13. The second-order valence-electron chi connectivity index (χ2n) is 2.37. The van der Waals surface area contributed by atoms with Crippen LogP contribution < -0.4 is 4.57 Å². The van der Waals surface area contributed by atoms with Crippen LogP contribution in [0.15, 0.2) is 25.3 Å². The summed E-state index contributed by atoms with van der Waals surface area (Å²) >= 11 is 3.70. The van der Waals surface area contributed by atoms with Crippen molar-refractivity contribution in [2.45, 2.75) is 19.9 Å². The van der Waals surface area contributed by atoms with Gasteiger partial charge in [0, 0.05) is 0 Å². The highest BCUT2D eigenvalue weighted by molar-refractivity contribution is 7.64. The van der Waals surface area contributed by atoms with Crippen LogP contribution in [0.2, 0.25) is 0 Å². The fourth-order valence-electron chi connectivity index (χ4n) is 0.909. The van der Waals surface area contributed by atoms with Gasteiger partial charge in [-0.05, 0) is 6.42 Å². The van der Waals surface area contributed by atoms with Gasteiger partial charge < -0.3 is 12.6 Å². The Morgan fingerprint density at radius 3 is 2.77 bits per heavy atom. The lowest BCUT2D eigenvalue weighted by Crippen LogP contribution is -2.30. The summed E-state index contributed by atoms with van der Waals surface area (Å²) in [5.41, 5.74) is 0. The van der Waals surface area contributed by atoms with E-state index in [1.54, 1.807) is 6.20 Å². The third-order valence-electron chi connectivity index (χ3n) is 1.40. The summed E-state index contributed by atoms with van der Waals surface area (Å²) in [5, 5.41) is 8.47. The molecule has 1 aromatic heterocycles. The molecule has 1 rings (SSSR count). The normalized spacial score (nSPS) is 8.00. The predicted molar refractivity (Wildman–Crippen MR) is 54.3 cm³/mol. The molecule has 3 nitrogen and oxygen atoms in total. The average Bonchev–Trinajstić information content (AvgIpc) is 2.54. The first-order valence-corrected chi connectivity index (χ1v) is 4.39. The van der Waals surface area contributed by atoms with Gasteiger partial charge in [-0.2, -0.15) is 0 Å². The molecule has 0 spiro atoms. The molecule has 1 aromatic rings. The number of hydrogen-bond acceptors (Lipinski definition) is 2.